The summed E-state index contributed by atoms with van der Waals surface area (Å²) >= 11 is 0. The number of anilines is 18. The van der Waals surface area contributed by atoms with Crippen LogP contribution in [0.3, 0.4) is 0 Å². The van der Waals surface area contributed by atoms with Crippen molar-refractivity contribution in [2.24, 2.45) is 0 Å². The number of rotatable bonds is 23. The third kappa shape index (κ3) is 19.2. The largest absolute Gasteiger partial charge is 0.497 e. The Hall–Kier alpha value is -15.1. The zero-order chi connectivity index (χ0) is 80.1. The van der Waals surface area contributed by atoms with Gasteiger partial charge in [-0.3, -0.25) is 0 Å². The molecule has 0 bridgehead atoms. The van der Waals surface area contributed by atoms with Gasteiger partial charge in [-0.25, -0.2) is 0 Å². The normalized spacial score (nSPS) is 10.6. The molecular weight excluding hydrogens is 1450 g/mol. The van der Waals surface area contributed by atoms with Crippen molar-refractivity contribution < 1.29 is 19.7 Å². The number of para-hydroxylation sites is 6. The summed E-state index contributed by atoms with van der Waals surface area (Å²) in [6, 6.07) is 157. The second-order valence-electron chi connectivity index (χ2n) is 28.3. The lowest BCUT2D eigenvalue weighted by Gasteiger charge is -2.28. The molecule has 0 aromatic heterocycles. The summed E-state index contributed by atoms with van der Waals surface area (Å²) < 4.78 is 16.4. The van der Waals surface area contributed by atoms with Crippen LogP contribution in [0.5, 0.6) is 17.2 Å². The molecule has 0 amide bonds. The quantitative estimate of drug-likeness (QED) is 0.0622. The molecule has 2 N–H and O–H groups in total. The molecule has 118 heavy (non-hydrogen) atoms. The van der Waals surface area contributed by atoms with Crippen LogP contribution in [0, 0.1) is 20.8 Å². The van der Waals surface area contributed by atoms with Crippen LogP contribution in [0.1, 0.15) is 16.7 Å². The van der Waals surface area contributed by atoms with Crippen molar-refractivity contribution in [3.05, 3.63) is 466 Å². The van der Waals surface area contributed by atoms with Crippen molar-refractivity contribution >= 4 is 102 Å². The smallest absolute Gasteiger partial charge is 0.120 e. The van der Waals surface area contributed by atoms with Gasteiger partial charge < -0.3 is 49.1 Å². The Balaban J connectivity index is 0.000000146. The monoisotopic (exact) mass is 1540 g/mol. The molecular formula is C108H94N6O4. The lowest BCUT2D eigenvalue weighted by atomic mass is 10.0. The molecule has 17 rings (SSSR count). The molecule has 0 saturated heterocycles. The first kappa shape index (κ1) is 79.5. The fourth-order valence-corrected chi connectivity index (χ4v) is 14.4. The summed E-state index contributed by atoms with van der Waals surface area (Å²) in [4.78, 5) is 13.6. The summed E-state index contributed by atoms with van der Waals surface area (Å²) in [5, 5.41) is 0. The minimum atomic E-state index is 0. The van der Waals surface area contributed by atoms with Crippen LogP contribution in [0.2, 0.25) is 0 Å². The van der Waals surface area contributed by atoms with Gasteiger partial charge in [0.05, 0.1) is 21.3 Å². The van der Waals surface area contributed by atoms with Gasteiger partial charge in [0.25, 0.3) is 0 Å². The molecule has 0 atom stereocenters. The molecule has 0 fully saturated rings. The predicted molar refractivity (Wildman–Crippen MR) is 496 cm³/mol. The third-order valence-electron chi connectivity index (χ3n) is 20.5. The fourth-order valence-electron chi connectivity index (χ4n) is 14.4. The maximum absolute atomic E-state index is 5.51. The van der Waals surface area contributed by atoms with Crippen LogP contribution in [0.15, 0.2) is 449 Å². The van der Waals surface area contributed by atoms with Gasteiger partial charge in [-0.15, -0.1) is 0 Å². The van der Waals surface area contributed by atoms with E-state index in [2.05, 4.69) is 444 Å². The van der Waals surface area contributed by atoms with E-state index in [1.54, 1.807) is 21.3 Å². The van der Waals surface area contributed by atoms with Gasteiger partial charge in [0, 0.05) is 115 Å². The van der Waals surface area contributed by atoms with Gasteiger partial charge >= 0.3 is 0 Å². The molecule has 0 unspecified atom stereocenters. The van der Waals surface area contributed by atoms with Gasteiger partial charge in [0.15, 0.2) is 0 Å². The van der Waals surface area contributed by atoms with Gasteiger partial charge in [0.1, 0.15) is 17.2 Å². The Morgan fingerprint density at radius 2 is 0.297 bits per heavy atom. The van der Waals surface area contributed by atoms with Gasteiger partial charge in [-0.05, 0) is 274 Å². The number of methoxy groups -OCH3 is 3. The number of hydrogen-bond acceptors (Lipinski definition) is 9. The van der Waals surface area contributed by atoms with Crippen molar-refractivity contribution in [2.75, 3.05) is 50.7 Å². The summed E-state index contributed by atoms with van der Waals surface area (Å²) in [5.41, 5.74) is 28.3. The van der Waals surface area contributed by atoms with E-state index in [-0.39, 0.29) is 5.48 Å². The zero-order valence-corrected chi connectivity index (χ0v) is 67.1. The van der Waals surface area contributed by atoms with E-state index in [0.29, 0.717) is 0 Å². The van der Waals surface area contributed by atoms with E-state index >= 15 is 0 Å². The molecule has 0 heterocycles. The van der Waals surface area contributed by atoms with Crippen molar-refractivity contribution in [1.29, 1.82) is 0 Å². The molecule has 580 valence electrons. The minimum Gasteiger partial charge on any atom is -0.497 e. The first-order chi connectivity index (χ1) is 57.6. The molecule has 0 aliphatic carbocycles. The Bertz CT molecular complexity index is 5680. The molecule has 10 nitrogen and oxygen atoms in total. The number of benzene rings is 17. The summed E-state index contributed by atoms with van der Waals surface area (Å²) in [6.07, 6.45) is 0. The van der Waals surface area contributed by atoms with Gasteiger partial charge in [-0.1, -0.05) is 223 Å². The standard InChI is InChI=1S/C38H32N2O2.C38H32N2O.C32H28N2.H2O/c1-41-37-17-9-15-35(27-37)39(31-11-5-3-6-12-31)33-23-19-29(20-24-33)30-21-25-34(26-22-30)40(32-13-7-4-8-14-32)36-16-10-18-38(28-36)42-2;1-29-13-19-34(20-14-29)39(32-9-5-3-6-10-32)35-21-15-30(16-22-35)31-17-23-36(24-18-31)40(33-11-7-4-8-12-33)37-25-27-38(41-2)28-26-37;1-25-13-17-29(18-14-25)33(27-9-5-3-6-10-27)31-21-23-32(24-22-31)34(28-11-7-4-8-12-28)30-19-15-26(2)16-20-30;/h3-28H,1-2H3;3-28H,1-2H3;3-24H,1-2H3;1H2. The van der Waals surface area contributed by atoms with Crippen molar-refractivity contribution in [2.45, 2.75) is 20.8 Å². The summed E-state index contributed by atoms with van der Waals surface area (Å²) in [6.45, 7) is 6.36. The molecule has 0 spiro atoms. The molecule has 17 aromatic rings. The predicted octanol–water partition coefficient (Wildman–Crippen LogP) is 29.3. The highest BCUT2D eigenvalue weighted by molar-refractivity contribution is 5.86. The van der Waals surface area contributed by atoms with Crippen LogP contribution in [-0.2, 0) is 0 Å². The maximum atomic E-state index is 5.51. The van der Waals surface area contributed by atoms with E-state index < -0.39 is 0 Å². The van der Waals surface area contributed by atoms with Crippen LogP contribution in [0.25, 0.3) is 22.3 Å². The number of nitrogens with zero attached hydrogens (tertiary/aromatic N) is 6. The molecule has 0 aliphatic heterocycles. The van der Waals surface area contributed by atoms with Crippen LogP contribution in [0.4, 0.5) is 102 Å². The van der Waals surface area contributed by atoms with Crippen molar-refractivity contribution in [3.8, 4) is 39.5 Å². The van der Waals surface area contributed by atoms with E-state index in [1.165, 1.54) is 27.8 Å². The number of aryl methyl sites for hydroxylation is 3. The Morgan fingerprint density at radius 1 is 0.144 bits per heavy atom. The summed E-state index contributed by atoms with van der Waals surface area (Å²) in [7, 11) is 5.08. The SMILES string of the molecule is COc1ccc(N(c2ccccc2)c2ccc(-c3ccc(N(c4ccccc4)c4ccc(C)cc4)cc3)cc2)cc1.COc1cccc(N(c2ccccc2)c2ccc(-c3ccc(N(c4ccccc4)c4cccc(OC)c4)cc3)cc2)c1.Cc1ccc(N(c2ccccc2)c2ccc(N(c3ccccc3)c3ccc(C)cc3)cc2)cc1.O. The summed E-state index contributed by atoms with van der Waals surface area (Å²) in [5.74, 6) is 2.49. The Labute approximate surface area is 694 Å². The fraction of sp³-hybridized carbons (Fsp3) is 0.0556. The van der Waals surface area contributed by atoms with E-state index in [9.17, 15) is 0 Å². The highest BCUT2D eigenvalue weighted by Gasteiger charge is 2.21. The molecule has 0 radical (unpaired) electrons. The Kier molecular flexibility index (Phi) is 26.0. The Morgan fingerprint density at radius 3 is 0.492 bits per heavy atom. The average Bonchev–Trinajstić information content (AvgIpc) is 0.807. The van der Waals surface area contributed by atoms with Crippen LogP contribution in [-0.4, -0.2) is 26.8 Å². The highest BCUT2D eigenvalue weighted by atomic mass is 16.5. The van der Waals surface area contributed by atoms with E-state index in [0.717, 1.165) is 131 Å². The zero-order valence-electron chi connectivity index (χ0n) is 67.1. The molecule has 17 aromatic carbocycles. The first-order valence-electron chi connectivity index (χ1n) is 39.4. The lowest BCUT2D eigenvalue weighted by Crippen LogP contribution is -2.12. The minimum absolute atomic E-state index is 0. The second-order valence-corrected chi connectivity index (χ2v) is 28.3. The lowest BCUT2D eigenvalue weighted by molar-refractivity contribution is 0.415. The van der Waals surface area contributed by atoms with Gasteiger partial charge in [0.2, 0.25) is 0 Å². The average molecular weight is 1540 g/mol. The number of ether oxygens (including phenoxy) is 3. The van der Waals surface area contributed by atoms with Crippen molar-refractivity contribution in [3.63, 3.8) is 0 Å². The third-order valence-corrected chi connectivity index (χ3v) is 20.5. The van der Waals surface area contributed by atoms with Gasteiger partial charge in [-0.2, -0.15) is 0 Å². The molecule has 10 heteroatoms. The van der Waals surface area contributed by atoms with Crippen LogP contribution >= 0.6 is 0 Å². The maximum Gasteiger partial charge on any atom is 0.120 e. The van der Waals surface area contributed by atoms with E-state index in [1.807, 2.05) is 54.6 Å². The topological polar surface area (TPSA) is 78.6 Å². The molecule has 0 saturated carbocycles. The molecule has 0 aliphatic rings. The highest BCUT2D eigenvalue weighted by Crippen LogP contribution is 2.44. The van der Waals surface area contributed by atoms with E-state index in [4.69, 9.17) is 14.2 Å². The number of hydrogen-bond donors (Lipinski definition) is 0. The van der Waals surface area contributed by atoms with Crippen LogP contribution < -0.4 is 43.6 Å². The first-order valence-corrected chi connectivity index (χ1v) is 39.4. The second kappa shape index (κ2) is 38.6. The van der Waals surface area contributed by atoms with Crippen molar-refractivity contribution in [1.82, 2.24) is 0 Å².